The molecule has 0 radical (unpaired) electrons. The molecule has 0 saturated carbocycles. The number of nitrogens with zero attached hydrogens (tertiary/aromatic N) is 2. The number of halogens is 1. The van der Waals surface area contributed by atoms with E-state index >= 15 is 0 Å². The Balaban J connectivity index is 3.39. The number of sulfonamides is 1. The molecule has 0 heterocycles. The third-order valence-electron chi connectivity index (χ3n) is 2.84. The zero-order chi connectivity index (χ0) is 16.2. The van der Waals surface area contributed by atoms with Gasteiger partial charge < -0.3 is 5.11 Å². The van der Waals surface area contributed by atoms with Crippen LogP contribution in [0.15, 0.2) is 23.1 Å². The van der Waals surface area contributed by atoms with Crippen LogP contribution >= 0.6 is 0 Å². The molecule has 0 aliphatic heterocycles. The van der Waals surface area contributed by atoms with Crippen LogP contribution in [0.3, 0.4) is 0 Å². The molecule has 1 rings (SSSR count). The fourth-order valence-corrected chi connectivity index (χ4v) is 3.50. The van der Waals surface area contributed by atoms with E-state index in [1.807, 2.05) is 6.07 Å². The van der Waals surface area contributed by atoms with Gasteiger partial charge in [0, 0.05) is 13.1 Å². The lowest BCUT2D eigenvalue weighted by atomic mass is 10.2. The van der Waals surface area contributed by atoms with Crippen molar-refractivity contribution >= 4 is 16.0 Å². The number of aromatic carboxylic acids is 1. The van der Waals surface area contributed by atoms with Gasteiger partial charge in [-0.2, -0.15) is 9.57 Å². The van der Waals surface area contributed by atoms with Gasteiger partial charge in [0.1, 0.15) is 5.82 Å². The Kier molecular flexibility index (Phi) is 5.41. The maximum atomic E-state index is 13.3. The minimum Gasteiger partial charge on any atom is -0.478 e. The average molecular weight is 314 g/mol. The number of nitriles is 1. The monoisotopic (exact) mass is 314 g/mol. The minimum atomic E-state index is -4.19. The fraction of sp³-hybridized carbons (Fsp3) is 0.385. The van der Waals surface area contributed by atoms with Crippen molar-refractivity contribution < 1.29 is 22.7 Å². The first-order chi connectivity index (χ1) is 9.73. The summed E-state index contributed by atoms with van der Waals surface area (Å²) in [4.78, 5) is 10.5. The first-order valence-corrected chi connectivity index (χ1v) is 7.60. The molecule has 1 aromatic rings. The van der Waals surface area contributed by atoms with Crippen LogP contribution in [0.25, 0.3) is 0 Å². The summed E-state index contributed by atoms with van der Waals surface area (Å²) in [6, 6.07) is 4.38. The van der Waals surface area contributed by atoms with Crippen LogP contribution in [0.4, 0.5) is 4.39 Å². The van der Waals surface area contributed by atoms with Gasteiger partial charge in [-0.15, -0.1) is 0 Å². The fourth-order valence-electron chi connectivity index (χ4n) is 1.77. The van der Waals surface area contributed by atoms with E-state index in [1.165, 1.54) is 0 Å². The van der Waals surface area contributed by atoms with E-state index in [-0.39, 0.29) is 13.1 Å². The number of carboxylic acids is 1. The molecule has 1 aromatic carbocycles. The molecule has 1 unspecified atom stereocenters. The summed E-state index contributed by atoms with van der Waals surface area (Å²) in [5, 5.41) is 17.8. The molecule has 8 heteroatoms. The highest BCUT2D eigenvalue weighted by molar-refractivity contribution is 7.89. The molecular weight excluding hydrogens is 299 g/mol. The summed E-state index contributed by atoms with van der Waals surface area (Å²) in [6.07, 6.45) is 0. The maximum Gasteiger partial charge on any atom is 0.337 e. The van der Waals surface area contributed by atoms with E-state index in [9.17, 15) is 17.6 Å². The van der Waals surface area contributed by atoms with Crippen LogP contribution in [0.2, 0.25) is 0 Å². The van der Waals surface area contributed by atoms with Crippen molar-refractivity contribution in [2.75, 3.05) is 13.1 Å². The van der Waals surface area contributed by atoms with E-state index in [0.717, 1.165) is 16.4 Å². The van der Waals surface area contributed by atoms with E-state index in [1.54, 1.807) is 13.8 Å². The second-order valence-corrected chi connectivity index (χ2v) is 6.34. The molecular formula is C13H15FN2O4S. The third-order valence-corrected chi connectivity index (χ3v) is 4.82. The molecule has 0 saturated heterocycles. The Morgan fingerprint density at radius 3 is 2.62 bits per heavy atom. The van der Waals surface area contributed by atoms with Crippen molar-refractivity contribution in [3.05, 3.63) is 29.6 Å². The lowest BCUT2D eigenvalue weighted by Crippen LogP contribution is -2.35. The summed E-state index contributed by atoms with van der Waals surface area (Å²) >= 11 is 0. The van der Waals surface area contributed by atoms with Gasteiger partial charge in [-0.05, 0) is 25.1 Å². The molecule has 0 aliphatic rings. The highest BCUT2D eigenvalue weighted by atomic mass is 32.2. The quantitative estimate of drug-likeness (QED) is 0.861. The average Bonchev–Trinajstić information content (AvgIpc) is 2.43. The smallest absolute Gasteiger partial charge is 0.337 e. The third kappa shape index (κ3) is 3.77. The van der Waals surface area contributed by atoms with Crippen LogP contribution in [0.1, 0.15) is 24.2 Å². The molecule has 0 aliphatic carbocycles. The zero-order valence-electron chi connectivity index (χ0n) is 11.6. The van der Waals surface area contributed by atoms with Gasteiger partial charge in [-0.3, -0.25) is 0 Å². The Hall–Kier alpha value is -1.98. The van der Waals surface area contributed by atoms with Crippen molar-refractivity contribution in [3.8, 4) is 6.07 Å². The topological polar surface area (TPSA) is 98.5 Å². The second-order valence-electron chi connectivity index (χ2n) is 4.43. The lowest BCUT2D eigenvalue weighted by molar-refractivity contribution is 0.0692. The van der Waals surface area contributed by atoms with Gasteiger partial charge in [0.15, 0.2) is 0 Å². The summed E-state index contributed by atoms with van der Waals surface area (Å²) in [6.45, 7) is 3.05. The normalized spacial score (nSPS) is 12.9. The Morgan fingerprint density at radius 2 is 2.14 bits per heavy atom. The van der Waals surface area contributed by atoms with Gasteiger partial charge in [-0.25, -0.2) is 17.6 Å². The number of benzene rings is 1. The predicted octanol–water partition coefficient (Wildman–Crippen LogP) is 1.69. The number of hydrogen-bond donors (Lipinski definition) is 1. The molecule has 0 aromatic heterocycles. The molecule has 0 spiro atoms. The number of hydrogen-bond acceptors (Lipinski definition) is 4. The van der Waals surface area contributed by atoms with Crippen molar-refractivity contribution in [1.29, 1.82) is 5.26 Å². The summed E-state index contributed by atoms with van der Waals surface area (Å²) < 4.78 is 39.2. The van der Waals surface area contributed by atoms with Crippen molar-refractivity contribution in [3.63, 3.8) is 0 Å². The summed E-state index contributed by atoms with van der Waals surface area (Å²) in [5.74, 6) is -2.87. The van der Waals surface area contributed by atoms with Crippen LogP contribution in [0, 0.1) is 23.1 Å². The number of rotatable bonds is 6. The highest BCUT2D eigenvalue weighted by Gasteiger charge is 2.29. The number of carbonyl (C=O) groups is 1. The maximum absolute atomic E-state index is 13.3. The van der Waals surface area contributed by atoms with Crippen LogP contribution in [-0.2, 0) is 10.0 Å². The largest absolute Gasteiger partial charge is 0.478 e. The van der Waals surface area contributed by atoms with Gasteiger partial charge in [0.2, 0.25) is 10.0 Å². The number of carboxylic acid groups (broad SMARTS) is 1. The van der Waals surface area contributed by atoms with Gasteiger partial charge in [0.05, 0.1) is 22.4 Å². The van der Waals surface area contributed by atoms with E-state index < -0.39 is 38.2 Å². The van der Waals surface area contributed by atoms with Crippen molar-refractivity contribution in [2.24, 2.45) is 5.92 Å². The first-order valence-electron chi connectivity index (χ1n) is 6.16. The van der Waals surface area contributed by atoms with E-state index in [2.05, 4.69) is 0 Å². The lowest BCUT2D eigenvalue weighted by Gasteiger charge is -2.22. The highest BCUT2D eigenvalue weighted by Crippen LogP contribution is 2.22. The van der Waals surface area contributed by atoms with Crippen LogP contribution < -0.4 is 0 Å². The van der Waals surface area contributed by atoms with Gasteiger partial charge in [0.25, 0.3) is 0 Å². The first kappa shape index (κ1) is 17.1. The summed E-state index contributed by atoms with van der Waals surface area (Å²) in [5.41, 5.74) is -0.500. The van der Waals surface area contributed by atoms with Crippen molar-refractivity contribution in [2.45, 2.75) is 18.7 Å². The van der Waals surface area contributed by atoms with Gasteiger partial charge >= 0.3 is 5.97 Å². The molecule has 6 nitrogen and oxygen atoms in total. The summed E-state index contributed by atoms with van der Waals surface area (Å²) in [7, 11) is -4.19. The standard InChI is InChI=1S/C13H15FN2O4S/c1-3-16(8-9(2)7-15)21(19,20)12-6-10(14)4-5-11(12)13(17)18/h4-6,9H,3,8H2,1-2H3,(H,17,18). The van der Waals surface area contributed by atoms with E-state index in [0.29, 0.717) is 6.07 Å². The molecule has 1 atom stereocenters. The molecule has 114 valence electrons. The molecule has 1 N–H and O–H groups in total. The second kappa shape index (κ2) is 6.65. The van der Waals surface area contributed by atoms with E-state index in [4.69, 9.17) is 10.4 Å². The zero-order valence-corrected chi connectivity index (χ0v) is 12.4. The molecule has 0 amide bonds. The molecule has 0 bridgehead atoms. The Labute approximate surface area is 122 Å². The van der Waals surface area contributed by atoms with Crippen molar-refractivity contribution in [1.82, 2.24) is 4.31 Å². The predicted molar refractivity (Wildman–Crippen MR) is 72.6 cm³/mol. The van der Waals surface area contributed by atoms with Gasteiger partial charge in [-0.1, -0.05) is 6.92 Å². The SMILES string of the molecule is CCN(CC(C)C#N)S(=O)(=O)c1cc(F)ccc1C(=O)O. The van der Waals surface area contributed by atoms with Crippen LogP contribution in [0.5, 0.6) is 0 Å². The minimum absolute atomic E-state index is 0.0456. The van der Waals surface area contributed by atoms with Crippen LogP contribution in [-0.4, -0.2) is 36.9 Å². The molecule has 0 fully saturated rings. The Bertz CT molecular complexity index is 682. The Morgan fingerprint density at radius 1 is 1.52 bits per heavy atom. The molecule has 21 heavy (non-hydrogen) atoms.